The van der Waals surface area contributed by atoms with E-state index in [4.69, 9.17) is 27.9 Å². The molecule has 1 aromatic carbocycles. The second-order valence-corrected chi connectivity index (χ2v) is 7.32. The van der Waals surface area contributed by atoms with Gasteiger partial charge in [0.05, 0.1) is 10.0 Å². The molecule has 0 aliphatic heterocycles. The topological polar surface area (TPSA) is 21.3 Å². The zero-order valence-corrected chi connectivity index (χ0v) is 14.5. The van der Waals surface area contributed by atoms with Gasteiger partial charge in [0.25, 0.3) is 0 Å². The number of halogens is 2. The molecule has 2 rings (SSSR count). The van der Waals surface area contributed by atoms with E-state index >= 15 is 0 Å². The fourth-order valence-electron chi connectivity index (χ4n) is 1.80. The van der Waals surface area contributed by atoms with Gasteiger partial charge in [-0.05, 0) is 36.7 Å². The van der Waals surface area contributed by atoms with E-state index in [2.05, 4.69) is 31.3 Å². The molecule has 5 heteroatoms. The number of ether oxygens (including phenoxy) is 1. The van der Waals surface area contributed by atoms with Gasteiger partial charge in [-0.25, -0.2) is 0 Å². The van der Waals surface area contributed by atoms with Crippen LogP contribution in [0.2, 0.25) is 10.0 Å². The maximum Gasteiger partial charge on any atom is 0.122 e. The molecule has 0 amide bonds. The summed E-state index contributed by atoms with van der Waals surface area (Å²) in [7, 11) is 0. The lowest BCUT2D eigenvalue weighted by atomic mass is 10.2. The minimum absolute atomic E-state index is 0.513. The summed E-state index contributed by atoms with van der Waals surface area (Å²) in [5, 5.41) is 4.49. The smallest absolute Gasteiger partial charge is 0.122 e. The second-order valence-electron chi connectivity index (χ2n) is 5.26. The van der Waals surface area contributed by atoms with Crippen LogP contribution < -0.4 is 10.1 Å². The third-order valence-electron chi connectivity index (χ3n) is 2.84. The Bertz CT molecular complexity index is 583. The van der Waals surface area contributed by atoms with Gasteiger partial charge in [-0.2, -0.15) is 0 Å². The van der Waals surface area contributed by atoms with Crippen LogP contribution in [-0.2, 0) is 13.2 Å². The van der Waals surface area contributed by atoms with Crippen LogP contribution in [0.3, 0.4) is 0 Å². The fourth-order valence-corrected chi connectivity index (χ4v) is 2.99. The molecule has 1 heterocycles. The molecule has 0 spiro atoms. The second kappa shape index (κ2) is 8.04. The molecule has 2 aromatic rings. The van der Waals surface area contributed by atoms with Gasteiger partial charge in [0, 0.05) is 22.4 Å². The highest BCUT2D eigenvalue weighted by Gasteiger charge is 2.04. The number of benzene rings is 1. The zero-order chi connectivity index (χ0) is 15.2. The molecule has 1 N–H and O–H groups in total. The maximum absolute atomic E-state index is 5.96. The van der Waals surface area contributed by atoms with Crippen molar-refractivity contribution in [2.24, 2.45) is 5.92 Å². The zero-order valence-electron chi connectivity index (χ0n) is 12.2. The lowest BCUT2D eigenvalue weighted by molar-refractivity contribution is 0.310. The summed E-state index contributed by atoms with van der Waals surface area (Å²) in [6, 6.07) is 9.56. The number of nitrogens with one attached hydrogen (secondary N) is 1. The Balaban J connectivity index is 1.83. The lowest BCUT2D eigenvalue weighted by Crippen LogP contribution is -2.18. The molecule has 0 unspecified atom stereocenters. The van der Waals surface area contributed by atoms with Crippen molar-refractivity contribution in [2.75, 3.05) is 6.54 Å². The monoisotopic (exact) mass is 343 g/mol. The van der Waals surface area contributed by atoms with E-state index in [-0.39, 0.29) is 0 Å². The van der Waals surface area contributed by atoms with Gasteiger partial charge in [0.1, 0.15) is 12.4 Å². The SMILES string of the molecule is CC(C)CNCc1ccc(COc2ccc(Cl)c(Cl)c2)s1. The van der Waals surface area contributed by atoms with Gasteiger partial charge in [0.2, 0.25) is 0 Å². The molecular weight excluding hydrogens is 325 g/mol. The average molecular weight is 344 g/mol. The first-order valence-corrected chi connectivity index (χ1v) is 8.48. The van der Waals surface area contributed by atoms with E-state index in [0.29, 0.717) is 22.6 Å². The van der Waals surface area contributed by atoms with E-state index in [1.165, 1.54) is 9.75 Å². The number of hydrogen-bond donors (Lipinski definition) is 1. The summed E-state index contributed by atoms with van der Waals surface area (Å²) in [5.74, 6) is 1.40. The highest BCUT2D eigenvalue weighted by atomic mass is 35.5. The van der Waals surface area contributed by atoms with Crippen molar-refractivity contribution in [3.63, 3.8) is 0 Å². The summed E-state index contributed by atoms with van der Waals surface area (Å²) in [5.41, 5.74) is 0. The predicted octanol–water partition coefficient (Wildman–Crippen LogP) is 5.38. The van der Waals surface area contributed by atoms with Crippen LogP contribution in [0.15, 0.2) is 30.3 Å². The van der Waals surface area contributed by atoms with Gasteiger partial charge in [-0.3, -0.25) is 0 Å². The van der Waals surface area contributed by atoms with Gasteiger partial charge in [-0.1, -0.05) is 37.0 Å². The van der Waals surface area contributed by atoms with Crippen molar-refractivity contribution < 1.29 is 4.74 Å². The fraction of sp³-hybridized carbons (Fsp3) is 0.375. The van der Waals surface area contributed by atoms with Crippen molar-refractivity contribution >= 4 is 34.5 Å². The lowest BCUT2D eigenvalue weighted by Gasteiger charge is -2.06. The van der Waals surface area contributed by atoms with Crippen molar-refractivity contribution in [1.82, 2.24) is 5.32 Å². The third-order valence-corrected chi connectivity index (χ3v) is 4.64. The van der Waals surface area contributed by atoms with Gasteiger partial charge < -0.3 is 10.1 Å². The van der Waals surface area contributed by atoms with E-state index in [9.17, 15) is 0 Å². The molecule has 2 nitrogen and oxygen atoms in total. The summed E-state index contributed by atoms with van der Waals surface area (Å²) in [4.78, 5) is 2.52. The van der Waals surface area contributed by atoms with Crippen LogP contribution in [0.4, 0.5) is 0 Å². The molecule has 0 fully saturated rings. The summed E-state index contributed by atoms with van der Waals surface area (Å²) >= 11 is 13.6. The molecule has 0 aliphatic rings. The predicted molar refractivity (Wildman–Crippen MR) is 91.7 cm³/mol. The van der Waals surface area contributed by atoms with Gasteiger partial charge in [-0.15, -0.1) is 11.3 Å². The highest BCUT2D eigenvalue weighted by molar-refractivity contribution is 7.11. The summed E-state index contributed by atoms with van der Waals surface area (Å²) in [6.45, 7) is 6.91. The molecular formula is C16H19Cl2NOS. The van der Waals surface area contributed by atoms with Crippen molar-refractivity contribution in [1.29, 1.82) is 0 Å². The Hall–Kier alpha value is -0.740. The Morgan fingerprint density at radius 3 is 2.57 bits per heavy atom. The number of hydrogen-bond acceptors (Lipinski definition) is 3. The van der Waals surface area contributed by atoms with Crippen molar-refractivity contribution in [2.45, 2.75) is 27.0 Å². The minimum atomic E-state index is 0.513. The van der Waals surface area contributed by atoms with Crippen LogP contribution in [-0.4, -0.2) is 6.54 Å². The molecule has 0 aliphatic carbocycles. The molecule has 0 radical (unpaired) electrons. The molecule has 114 valence electrons. The molecule has 21 heavy (non-hydrogen) atoms. The normalized spacial score (nSPS) is 11.1. The highest BCUT2D eigenvalue weighted by Crippen LogP contribution is 2.27. The Labute approximate surface area is 140 Å². The summed E-state index contributed by atoms with van der Waals surface area (Å²) in [6.07, 6.45) is 0. The average Bonchev–Trinajstić information content (AvgIpc) is 2.88. The van der Waals surface area contributed by atoms with Crippen LogP contribution >= 0.6 is 34.5 Å². The first-order chi connectivity index (χ1) is 10.0. The van der Waals surface area contributed by atoms with E-state index < -0.39 is 0 Å². The van der Waals surface area contributed by atoms with E-state index in [0.717, 1.165) is 18.8 Å². The maximum atomic E-state index is 5.96. The molecule has 0 saturated carbocycles. The Morgan fingerprint density at radius 2 is 1.86 bits per heavy atom. The standard InChI is InChI=1S/C16H19Cl2NOS/c1-11(2)8-19-9-13-4-5-14(21-13)10-20-12-3-6-15(17)16(18)7-12/h3-7,11,19H,8-10H2,1-2H3. The van der Waals surface area contributed by atoms with Crippen LogP contribution in [0.5, 0.6) is 5.75 Å². The van der Waals surface area contributed by atoms with Crippen LogP contribution in [0.1, 0.15) is 23.6 Å². The minimum Gasteiger partial charge on any atom is -0.488 e. The van der Waals surface area contributed by atoms with Gasteiger partial charge in [0.15, 0.2) is 0 Å². The van der Waals surface area contributed by atoms with Crippen molar-refractivity contribution in [3.8, 4) is 5.75 Å². The quantitative estimate of drug-likeness (QED) is 0.728. The first kappa shape index (κ1) is 16.6. The third kappa shape index (κ3) is 5.51. The largest absolute Gasteiger partial charge is 0.488 e. The summed E-state index contributed by atoms with van der Waals surface area (Å²) < 4.78 is 5.73. The Kier molecular flexibility index (Phi) is 6.37. The van der Waals surface area contributed by atoms with E-state index in [1.54, 1.807) is 23.5 Å². The molecule has 1 aromatic heterocycles. The number of thiophene rings is 1. The van der Waals surface area contributed by atoms with Crippen LogP contribution in [0.25, 0.3) is 0 Å². The van der Waals surface area contributed by atoms with Gasteiger partial charge >= 0.3 is 0 Å². The van der Waals surface area contributed by atoms with Crippen molar-refractivity contribution in [3.05, 3.63) is 50.1 Å². The Morgan fingerprint density at radius 1 is 1.10 bits per heavy atom. The van der Waals surface area contributed by atoms with Crippen LogP contribution in [0, 0.1) is 5.92 Å². The molecule has 0 atom stereocenters. The molecule has 0 saturated heterocycles. The molecule has 0 bridgehead atoms. The number of rotatable bonds is 7. The first-order valence-electron chi connectivity index (χ1n) is 6.90. The van der Waals surface area contributed by atoms with E-state index in [1.807, 2.05) is 6.07 Å².